The van der Waals surface area contributed by atoms with Crippen LogP contribution in [-0.2, 0) is 20.8 Å². The molecule has 11 nitrogen and oxygen atoms in total. The maximum absolute atomic E-state index is 13.2. The summed E-state index contributed by atoms with van der Waals surface area (Å²) in [7, 11) is 0. The third kappa shape index (κ3) is 2.32. The minimum absolute atomic E-state index is 0.0178. The molecule has 156 valence electrons. The molecule has 1 aromatic rings. The van der Waals surface area contributed by atoms with Crippen molar-refractivity contribution in [2.45, 2.75) is 24.9 Å². The molecule has 1 fully saturated rings. The largest absolute Gasteiger partial charge is 0.508 e. The number of hydrogen-bond donors (Lipinski definition) is 5. The van der Waals surface area contributed by atoms with Gasteiger partial charge in [-0.25, -0.2) is 0 Å². The van der Waals surface area contributed by atoms with E-state index in [0.29, 0.717) is 0 Å². The molecule has 6 N–H and O–H groups in total. The number of primary amides is 1. The molecule has 0 bridgehead atoms. The fraction of sp³-hybridized carbons (Fsp3) is 0.316. The molecule has 2 unspecified atom stereocenters. The number of ketones is 2. The van der Waals surface area contributed by atoms with Crippen molar-refractivity contribution in [1.82, 2.24) is 0 Å². The smallest absolute Gasteiger partial charge is 0.273 e. The molecule has 3 aliphatic carbocycles. The lowest BCUT2D eigenvalue weighted by Gasteiger charge is -2.45. The van der Waals surface area contributed by atoms with E-state index in [0.717, 1.165) is 12.1 Å². The summed E-state index contributed by atoms with van der Waals surface area (Å²) >= 11 is 0. The highest BCUT2D eigenvalue weighted by molar-refractivity contribution is 6.22. The number of nitro groups is 1. The number of carbonyl (C=O) groups excluding carboxylic acids is 3. The number of hydrogen-bond acceptors (Lipinski definition) is 9. The van der Waals surface area contributed by atoms with Crippen LogP contribution in [0.25, 0.3) is 5.76 Å². The molecule has 0 spiro atoms. The molecule has 1 amide bonds. The molecule has 3 atom stereocenters. The maximum Gasteiger partial charge on any atom is 0.273 e. The number of Topliss-reactive ketones (excluding diaryl/α,β-unsaturated/α-hetero) is 2. The number of carbonyl (C=O) groups is 3. The summed E-state index contributed by atoms with van der Waals surface area (Å²) in [5.41, 5.74) is 0.565. The zero-order valence-corrected chi connectivity index (χ0v) is 15.3. The van der Waals surface area contributed by atoms with Gasteiger partial charge in [-0.2, -0.15) is 0 Å². The van der Waals surface area contributed by atoms with Gasteiger partial charge >= 0.3 is 0 Å². The van der Waals surface area contributed by atoms with Gasteiger partial charge in [-0.05, 0) is 24.8 Å². The van der Waals surface area contributed by atoms with Crippen molar-refractivity contribution < 1.29 is 39.7 Å². The second-order valence-corrected chi connectivity index (χ2v) is 7.62. The minimum atomic E-state index is -2.66. The van der Waals surface area contributed by atoms with Gasteiger partial charge in [0.05, 0.1) is 10.5 Å². The molecule has 1 aromatic carbocycles. The lowest BCUT2D eigenvalue weighted by atomic mass is 9.59. The maximum atomic E-state index is 13.2. The lowest BCUT2D eigenvalue weighted by Crippen LogP contribution is -2.58. The Bertz CT molecular complexity index is 1130. The number of aromatic hydroxyl groups is 1. The Balaban J connectivity index is 1.96. The van der Waals surface area contributed by atoms with Gasteiger partial charge in [0.1, 0.15) is 22.8 Å². The summed E-state index contributed by atoms with van der Waals surface area (Å²) in [4.78, 5) is 47.7. The highest BCUT2D eigenvalue weighted by Crippen LogP contribution is 2.52. The molecule has 11 heteroatoms. The van der Waals surface area contributed by atoms with Crippen LogP contribution < -0.4 is 5.73 Å². The lowest BCUT2D eigenvalue weighted by molar-refractivity contribution is -0.385. The Hall–Kier alpha value is -3.73. The van der Waals surface area contributed by atoms with Gasteiger partial charge in [-0.3, -0.25) is 24.5 Å². The third-order valence-electron chi connectivity index (χ3n) is 6.12. The number of nitrogens with zero attached hydrogens (tertiary/aromatic N) is 1. The second kappa shape index (κ2) is 6.13. The predicted octanol–water partition coefficient (Wildman–Crippen LogP) is 0.332. The number of aliphatic hydroxyl groups is 3. The van der Waals surface area contributed by atoms with Gasteiger partial charge in [0.2, 0.25) is 5.78 Å². The Morgan fingerprint density at radius 3 is 2.47 bits per heavy atom. The van der Waals surface area contributed by atoms with Crippen LogP contribution in [0.2, 0.25) is 0 Å². The zero-order chi connectivity index (χ0) is 22.1. The van der Waals surface area contributed by atoms with Crippen LogP contribution in [0, 0.1) is 22.0 Å². The number of amides is 1. The van der Waals surface area contributed by atoms with Crippen LogP contribution >= 0.6 is 0 Å². The molecular weight excluding hydrogens is 400 g/mol. The summed E-state index contributed by atoms with van der Waals surface area (Å²) in [6, 6.07) is 2.08. The van der Waals surface area contributed by atoms with Crippen molar-refractivity contribution in [1.29, 1.82) is 0 Å². The van der Waals surface area contributed by atoms with E-state index in [1.54, 1.807) is 0 Å². The number of phenols is 1. The van der Waals surface area contributed by atoms with Gasteiger partial charge in [-0.15, -0.1) is 0 Å². The Morgan fingerprint density at radius 1 is 1.20 bits per heavy atom. The highest BCUT2D eigenvalue weighted by atomic mass is 16.6. The number of nitrogens with two attached hydrogens (primary N) is 1. The SMILES string of the molecule is NC(=O)C1=C(O)[C@@]2(O)C(=O)C3=C(O)c4c(O)ccc([N+](=O)[O-])c4CC3CC2CC1=O. The van der Waals surface area contributed by atoms with Crippen molar-refractivity contribution in [3.63, 3.8) is 0 Å². The second-order valence-electron chi connectivity index (χ2n) is 7.62. The average molecular weight is 416 g/mol. The summed E-state index contributed by atoms with van der Waals surface area (Å²) in [6.07, 6.45) is -0.654. The molecule has 4 rings (SSSR count). The van der Waals surface area contributed by atoms with Crippen LogP contribution in [0.3, 0.4) is 0 Å². The molecular formula is C19H16N2O9. The molecule has 0 aromatic heterocycles. The average Bonchev–Trinajstić information content (AvgIpc) is 2.64. The Morgan fingerprint density at radius 2 is 1.87 bits per heavy atom. The fourth-order valence-electron chi connectivity index (χ4n) is 4.78. The first-order valence-corrected chi connectivity index (χ1v) is 8.96. The Kier molecular flexibility index (Phi) is 4.00. The van der Waals surface area contributed by atoms with Gasteiger partial charge in [0.25, 0.3) is 11.6 Å². The van der Waals surface area contributed by atoms with Crippen LogP contribution in [0.15, 0.2) is 29.0 Å². The van der Waals surface area contributed by atoms with E-state index < -0.39 is 69.1 Å². The van der Waals surface area contributed by atoms with E-state index in [9.17, 15) is 44.9 Å². The standard InChI is InChI=1S/C19H16N2O9/c20-18(27)14-11(23)5-7-3-6-4-8-9(21(29)30)1-2-10(22)13(8)15(24)12(6)16(25)19(7,28)17(14)26/h1-2,6-7,22,24,26,28H,3-5H2,(H2,20,27)/t6?,7?,19-/m0/s1. The molecule has 3 aliphatic rings. The number of aliphatic hydroxyl groups excluding tert-OH is 2. The van der Waals surface area contributed by atoms with E-state index >= 15 is 0 Å². The first-order chi connectivity index (χ1) is 14.0. The zero-order valence-electron chi connectivity index (χ0n) is 15.3. The van der Waals surface area contributed by atoms with E-state index in [4.69, 9.17) is 5.73 Å². The molecule has 1 saturated carbocycles. The van der Waals surface area contributed by atoms with Gasteiger partial charge < -0.3 is 26.2 Å². The summed E-state index contributed by atoms with van der Waals surface area (Å²) in [5.74, 6) is -7.66. The summed E-state index contributed by atoms with van der Waals surface area (Å²) < 4.78 is 0. The van der Waals surface area contributed by atoms with Crippen molar-refractivity contribution in [3.8, 4) is 5.75 Å². The number of fused-ring (bicyclic) bond motifs is 3. The first-order valence-electron chi connectivity index (χ1n) is 8.96. The highest BCUT2D eigenvalue weighted by Gasteiger charge is 2.60. The molecule has 0 saturated heterocycles. The van der Waals surface area contributed by atoms with Crippen molar-refractivity contribution in [2.24, 2.45) is 17.6 Å². The summed E-state index contributed by atoms with van der Waals surface area (Å²) in [6.45, 7) is 0. The molecule has 0 heterocycles. The molecule has 0 aliphatic heterocycles. The van der Waals surface area contributed by atoms with Crippen LogP contribution in [0.5, 0.6) is 5.75 Å². The summed E-state index contributed by atoms with van der Waals surface area (Å²) in [5, 5.41) is 53.7. The first kappa shape index (κ1) is 19.6. The predicted molar refractivity (Wildman–Crippen MR) is 98.0 cm³/mol. The molecule has 30 heavy (non-hydrogen) atoms. The van der Waals surface area contributed by atoms with Gasteiger partial charge in [0, 0.05) is 29.5 Å². The fourth-order valence-corrected chi connectivity index (χ4v) is 4.78. The number of nitro benzene ring substituents is 1. The van der Waals surface area contributed by atoms with E-state index in [2.05, 4.69) is 0 Å². The normalized spacial score (nSPS) is 28.0. The number of rotatable bonds is 2. The van der Waals surface area contributed by atoms with E-state index in [1.165, 1.54) is 0 Å². The van der Waals surface area contributed by atoms with E-state index in [-0.39, 0.29) is 35.2 Å². The van der Waals surface area contributed by atoms with Crippen molar-refractivity contribution in [2.75, 3.05) is 0 Å². The van der Waals surface area contributed by atoms with Crippen LogP contribution in [0.4, 0.5) is 5.69 Å². The number of benzene rings is 1. The quantitative estimate of drug-likeness (QED) is 0.256. The third-order valence-corrected chi connectivity index (χ3v) is 6.12. The van der Waals surface area contributed by atoms with Gasteiger partial charge in [0.15, 0.2) is 11.4 Å². The van der Waals surface area contributed by atoms with Crippen molar-refractivity contribution in [3.05, 3.63) is 50.3 Å². The molecule has 0 radical (unpaired) electrons. The number of phenolic OH excluding ortho intramolecular Hbond substituents is 1. The van der Waals surface area contributed by atoms with Gasteiger partial charge in [-0.1, -0.05) is 0 Å². The topological polar surface area (TPSA) is 201 Å². The monoisotopic (exact) mass is 416 g/mol. The van der Waals surface area contributed by atoms with Crippen LogP contribution in [0.1, 0.15) is 24.0 Å². The van der Waals surface area contributed by atoms with Crippen molar-refractivity contribution >= 4 is 28.9 Å². The minimum Gasteiger partial charge on any atom is -0.508 e. The Labute approximate surface area is 167 Å². The van der Waals surface area contributed by atoms with Crippen LogP contribution in [-0.4, -0.2) is 48.4 Å². The van der Waals surface area contributed by atoms with E-state index in [1.807, 2.05) is 0 Å².